The van der Waals surface area contributed by atoms with Crippen molar-refractivity contribution in [3.8, 4) is 0 Å². The number of rotatable bonds is 3. The number of alkyl halides is 3. The Balaban J connectivity index is 1.96. The number of benzene rings is 1. The minimum atomic E-state index is -4.30. The average Bonchev–Trinajstić information content (AvgIpc) is 2.42. The van der Waals surface area contributed by atoms with Crippen LogP contribution in [0.5, 0.6) is 0 Å². The third-order valence-electron chi connectivity index (χ3n) is 4.16. The second kappa shape index (κ2) is 6.34. The normalized spacial score (nSPS) is 23.2. The van der Waals surface area contributed by atoms with Crippen LogP contribution in [-0.2, 0) is 6.18 Å². The molecule has 0 aromatic heterocycles. The third kappa shape index (κ3) is 4.18. The first-order chi connectivity index (χ1) is 9.77. The lowest BCUT2D eigenvalue weighted by Crippen LogP contribution is -2.51. The molecule has 2 atom stereocenters. The van der Waals surface area contributed by atoms with Crippen molar-refractivity contribution < 1.29 is 13.2 Å². The number of halogens is 3. The molecule has 2 N–H and O–H groups in total. The highest BCUT2D eigenvalue weighted by Crippen LogP contribution is 2.29. The van der Waals surface area contributed by atoms with Crippen LogP contribution in [-0.4, -0.2) is 49.1 Å². The maximum atomic E-state index is 12.5. The minimum absolute atomic E-state index is 0.261. The Kier molecular flexibility index (Phi) is 4.91. The van der Waals surface area contributed by atoms with Crippen molar-refractivity contribution in [2.24, 2.45) is 5.73 Å². The highest BCUT2D eigenvalue weighted by atomic mass is 19.4. The first-order valence-electron chi connectivity index (χ1n) is 7.12. The Hall–Kier alpha value is -1.11. The monoisotopic (exact) mass is 301 g/mol. The molecule has 0 amide bonds. The van der Waals surface area contributed by atoms with Gasteiger partial charge in [-0.05, 0) is 31.7 Å². The van der Waals surface area contributed by atoms with Gasteiger partial charge in [0.25, 0.3) is 0 Å². The molecule has 2 unspecified atom stereocenters. The maximum Gasteiger partial charge on any atom is 0.416 e. The number of nitrogens with zero attached hydrogens (tertiary/aromatic N) is 2. The van der Waals surface area contributed by atoms with E-state index in [-0.39, 0.29) is 6.04 Å². The van der Waals surface area contributed by atoms with Gasteiger partial charge >= 0.3 is 6.18 Å². The summed E-state index contributed by atoms with van der Waals surface area (Å²) in [6.45, 7) is 5.69. The molecule has 1 saturated heterocycles. The Bertz CT molecular complexity index is 458. The van der Waals surface area contributed by atoms with Crippen LogP contribution in [0.3, 0.4) is 0 Å². The van der Waals surface area contributed by atoms with E-state index >= 15 is 0 Å². The van der Waals surface area contributed by atoms with Gasteiger partial charge < -0.3 is 10.6 Å². The van der Waals surface area contributed by atoms with E-state index in [0.29, 0.717) is 12.6 Å². The van der Waals surface area contributed by atoms with Crippen LogP contribution in [0.4, 0.5) is 13.2 Å². The molecule has 3 nitrogen and oxygen atoms in total. The van der Waals surface area contributed by atoms with Crippen molar-refractivity contribution in [3.05, 3.63) is 35.4 Å². The van der Waals surface area contributed by atoms with Crippen LogP contribution in [0, 0.1) is 0 Å². The van der Waals surface area contributed by atoms with E-state index in [4.69, 9.17) is 5.73 Å². The van der Waals surface area contributed by atoms with E-state index in [1.54, 1.807) is 0 Å². The van der Waals surface area contributed by atoms with Gasteiger partial charge in [0.2, 0.25) is 0 Å². The van der Waals surface area contributed by atoms with Gasteiger partial charge in [0.15, 0.2) is 0 Å². The van der Waals surface area contributed by atoms with Crippen LogP contribution in [0.15, 0.2) is 24.3 Å². The standard InChI is InChI=1S/C15H22F3N3/c1-11-9-21(8-7-20(11)2)10-14(19)12-3-5-13(6-4-12)15(16,17)18/h3-6,11,14H,7-10,19H2,1-2H3. The molecular weight excluding hydrogens is 279 g/mol. The molecule has 1 aliphatic heterocycles. The SMILES string of the molecule is CC1CN(CC(N)c2ccc(C(F)(F)F)cc2)CCN1C. The molecule has 1 aromatic rings. The number of likely N-dealkylation sites (N-methyl/N-ethyl adjacent to an activating group) is 1. The Labute approximate surface area is 123 Å². The second-order valence-electron chi connectivity index (χ2n) is 5.82. The van der Waals surface area contributed by atoms with E-state index in [1.807, 2.05) is 0 Å². The molecule has 6 heteroatoms. The van der Waals surface area contributed by atoms with E-state index < -0.39 is 11.7 Å². The molecule has 0 saturated carbocycles. The van der Waals surface area contributed by atoms with E-state index in [0.717, 1.165) is 37.3 Å². The molecule has 1 aliphatic rings. The van der Waals surface area contributed by atoms with E-state index in [2.05, 4.69) is 23.8 Å². The zero-order valence-corrected chi connectivity index (χ0v) is 12.4. The first-order valence-corrected chi connectivity index (χ1v) is 7.12. The fourth-order valence-corrected chi connectivity index (χ4v) is 2.59. The number of nitrogens with two attached hydrogens (primary N) is 1. The van der Waals surface area contributed by atoms with Gasteiger partial charge in [-0.25, -0.2) is 0 Å². The lowest BCUT2D eigenvalue weighted by Gasteiger charge is -2.38. The average molecular weight is 301 g/mol. The van der Waals surface area contributed by atoms with Crippen molar-refractivity contribution in [2.45, 2.75) is 25.2 Å². The van der Waals surface area contributed by atoms with Crippen LogP contribution >= 0.6 is 0 Å². The maximum absolute atomic E-state index is 12.5. The summed E-state index contributed by atoms with van der Waals surface area (Å²) in [6.07, 6.45) is -4.30. The summed E-state index contributed by atoms with van der Waals surface area (Å²) in [6, 6.07) is 5.37. The zero-order chi connectivity index (χ0) is 15.6. The molecule has 118 valence electrons. The van der Waals surface area contributed by atoms with Gasteiger partial charge in [-0.1, -0.05) is 12.1 Å². The van der Waals surface area contributed by atoms with E-state index in [9.17, 15) is 13.2 Å². The predicted octanol–water partition coefficient (Wildman–Crippen LogP) is 2.34. The Morgan fingerprint density at radius 2 is 1.86 bits per heavy atom. The minimum Gasteiger partial charge on any atom is -0.323 e. The van der Waals surface area contributed by atoms with Gasteiger partial charge in [-0.15, -0.1) is 0 Å². The van der Waals surface area contributed by atoms with Crippen LogP contribution in [0.2, 0.25) is 0 Å². The quantitative estimate of drug-likeness (QED) is 0.930. The summed E-state index contributed by atoms with van der Waals surface area (Å²) in [7, 11) is 2.10. The van der Waals surface area contributed by atoms with Gasteiger partial charge in [-0.3, -0.25) is 4.90 Å². The van der Waals surface area contributed by atoms with Gasteiger partial charge in [0.1, 0.15) is 0 Å². The molecule has 1 heterocycles. The molecule has 1 aromatic carbocycles. The zero-order valence-electron chi connectivity index (χ0n) is 12.4. The number of piperazine rings is 1. The second-order valence-corrected chi connectivity index (χ2v) is 5.82. The van der Waals surface area contributed by atoms with Crippen molar-refractivity contribution in [1.82, 2.24) is 9.80 Å². The fourth-order valence-electron chi connectivity index (χ4n) is 2.59. The summed E-state index contributed by atoms with van der Waals surface area (Å²) < 4.78 is 37.6. The third-order valence-corrected chi connectivity index (χ3v) is 4.16. The van der Waals surface area contributed by atoms with E-state index in [1.165, 1.54) is 12.1 Å². The summed E-state index contributed by atoms with van der Waals surface area (Å²) in [4.78, 5) is 4.56. The molecule has 0 radical (unpaired) electrons. The lowest BCUT2D eigenvalue weighted by molar-refractivity contribution is -0.137. The smallest absolute Gasteiger partial charge is 0.323 e. The van der Waals surface area contributed by atoms with Crippen molar-refractivity contribution in [2.75, 3.05) is 33.2 Å². The predicted molar refractivity (Wildman–Crippen MR) is 76.9 cm³/mol. The fraction of sp³-hybridized carbons (Fsp3) is 0.600. The Morgan fingerprint density at radius 3 is 2.38 bits per heavy atom. The van der Waals surface area contributed by atoms with Gasteiger partial charge in [0, 0.05) is 38.3 Å². The molecular formula is C15H22F3N3. The summed E-state index contributed by atoms with van der Waals surface area (Å²) in [5.74, 6) is 0. The largest absolute Gasteiger partial charge is 0.416 e. The number of hydrogen-bond acceptors (Lipinski definition) is 3. The topological polar surface area (TPSA) is 32.5 Å². The van der Waals surface area contributed by atoms with Crippen molar-refractivity contribution in [3.63, 3.8) is 0 Å². The van der Waals surface area contributed by atoms with Crippen molar-refractivity contribution >= 4 is 0 Å². The highest BCUT2D eigenvalue weighted by molar-refractivity contribution is 5.26. The van der Waals surface area contributed by atoms with Crippen LogP contribution < -0.4 is 5.73 Å². The lowest BCUT2D eigenvalue weighted by atomic mass is 10.0. The molecule has 21 heavy (non-hydrogen) atoms. The molecule has 2 rings (SSSR count). The molecule has 1 fully saturated rings. The molecule has 0 spiro atoms. The van der Waals surface area contributed by atoms with Crippen LogP contribution in [0.1, 0.15) is 24.1 Å². The van der Waals surface area contributed by atoms with Gasteiger partial charge in [0.05, 0.1) is 5.56 Å². The summed E-state index contributed by atoms with van der Waals surface area (Å²) in [5, 5.41) is 0. The van der Waals surface area contributed by atoms with Crippen LogP contribution in [0.25, 0.3) is 0 Å². The first kappa shape index (κ1) is 16.3. The summed E-state index contributed by atoms with van der Waals surface area (Å²) in [5.41, 5.74) is 6.24. The molecule has 0 aliphatic carbocycles. The Morgan fingerprint density at radius 1 is 1.24 bits per heavy atom. The summed E-state index contributed by atoms with van der Waals surface area (Å²) >= 11 is 0. The van der Waals surface area contributed by atoms with Crippen molar-refractivity contribution in [1.29, 1.82) is 0 Å². The number of hydrogen-bond donors (Lipinski definition) is 1. The van der Waals surface area contributed by atoms with Gasteiger partial charge in [-0.2, -0.15) is 13.2 Å². The molecule has 0 bridgehead atoms. The highest BCUT2D eigenvalue weighted by Gasteiger charge is 2.30.